The first-order valence-corrected chi connectivity index (χ1v) is 7.20. The molecule has 2 unspecified atom stereocenters. The third-order valence-corrected chi connectivity index (χ3v) is 4.54. The maximum Gasteiger partial charge on any atom is 0.222 e. The molecule has 0 aromatic heterocycles. The molecule has 1 heterocycles. The molecule has 2 rings (SSSR count). The lowest BCUT2D eigenvalue weighted by atomic mass is 9.82. The van der Waals surface area contributed by atoms with Gasteiger partial charge >= 0.3 is 0 Å². The van der Waals surface area contributed by atoms with Crippen LogP contribution in [0.2, 0.25) is 0 Å². The first kappa shape index (κ1) is 15.8. The fourth-order valence-corrected chi connectivity index (χ4v) is 3.10. The van der Waals surface area contributed by atoms with E-state index in [1.54, 1.807) is 0 Å². The highest BCUT2D eigenvalue weighted by atomic mass is 35.5. The van der Waals surface area contributed by atoms with Gasteiger partial charge in [-0.05, 0) is 37.5 Å². The molecular weight excluding hydrogens is 248 g/mol. The van der Waals surface area contributed by atoms with Crippen LogP contribution in [0.25, 0.3) is 0 Å². The van der Waals surface area contributed by atoms with Crippen LogP contribution in [0.1, 0.15) is 51.9 Å². The minimum Gasteiger partial charge on any atom is -0.343 e. The number of hydrogen-bond acceptors (Lipinski definition) is 2. The number of hydrogen-bond donors (Lipinski definition) is 1. The SMILES string of the molecule is CC1CCN(C(=O)CC2CCCCC2N)CC1.Cl. The van der Waals surface area contributed by atoms with Crippen LogP contribution in [-0.2, 0) is 4.79 Å². The standard InChI is InChI=1S/C14H26N2O.ClH/c1-11-6-8-16(9-7-11)14(17)10-12-4-2-3-5-13(12)15;/h11-13H,2-10,15H2,1H3;1H. The molecule has 106 valence electrons. The molecule has 1 aliphatic heterocycles. The summed E-state index contributed by atoms with van der Waals surface area (Å²) in [6.45, 7) is 4.20. The van der Waals surface area contributed by atoms with Gasteiger partial charge in [0.25, 0.3) is 0 Å². The second-order valence-electron chi connectivity index (χ2n) is 5.98. The molecule has 0 radical (unpaired) electrons. The van der Waals surface area contributed by atoms with E-state index < -0.39 is 0 Å². The van der Waals surface area contributed by atoms with Gasteiger partial charge in [-0.15, -0.1) is 12.4 Å². The lowest BCUT2D eigenvalue weighted by Crippen LogP contribution is -2.41. The molecule has 0 aromatic carbocycles. The van der Waals surface area contributed by atoms with Gasteiger partial charge in [0.2, 0.25) is 5.91 Å². The van der Waals surface area contributed by atoms with Gasteiger partial charge in [0.1, 0.15) is 0 Å². The quantitative estimate of drug-likeness (QED) is 0.841. The molecule has 1 saturated carbocycles. The van der Waals surface area contributed by atoms with Gasteiger partial charge in [-0.3, -0.25) is 4.79 Å². The smallest absolute Gasteiger partial charge is 0.222 e. The molecule has 4 heteroatoms. The van der Waals surface area contributed by atoms with E-state index in [1.165, 1.54) is 25.7 Å². The van der Waals surface area contributed by atoms with Crippen LogP contribution >= 0.6 is 12.4 Å². The molecule has 0 spiro atoms. The third kappa shape index (κ3) is 4.13. The number of carbonyl (C=O) groups excluding carboxylic acids is 1. The molecule has 2 aliphatic rings. The van der Waals surface area contributed by atoms with Crippen molar-refractivity contribution in [2.24, 2.45) is 17.6 Å². The molecule has 1 aliphatic carbocycles. The van der Waals surface area contributed by atoms with Crippen LogP contribution in [0.4, 0.5) is 0 Å². The van der Waals surface area contributed by atoms with E-state index in [0.717, 1.165) is 31.8 Å². The van der Waals surface area contributed by atoms with Crippen LogP contribution in [-0.4, -0.2) is 29.9 Å². The summed E-state index contributed by atoms with van der Waals surface area (Å²) in [5.74, 6) is 1.57. The van der Waals surface area contributed by atoms with Crippen molar-refractivity contribution in [1.29, 1.82) is 0 Å². The first-order valence-electron chi connectivity index (χ1n) is 7.20. The fourth-order valence-electron chi connectivity index (χ4n) is 3.10. The van der Waals surface area contributed by atoms with Crippen LogP contribution in [0, 0.1) is 11.8 Å². The molecule has 1 saturated heterocycles. The summed E-state index contributed by atoms with van der Waals surface area (Å²) in [5.41, 5.74) is 6.11. The third-order valence-electron chi connectivity index (χ3n) is 4.54. The minimum absolute atomic E-state index is 0. The van der Waals surface area contributed by atoms with E-state index in [0.29, 0.717) is 18.2 Å². The van der Waals surface area contributed by atoms with E-state index in [4.69, 9.17) is 5.73 Å². The average Bonchev–Trinajstić information content (AvgIpc) is 2.33. The predicted octanol–water partition coefficient (Wildman–Crippen LogP) is 2.57. The summed E-state index contributed by atoms with van der Waals surface area (Å²) in [5, 5.41) is 0. The lowest BCUT2D eigenvalue weighted by molar-refractivity contribution is -0.133. The maximum atomic E-state index is 12.2. The Morgan fingerprint density at radius 3 is 2.39 bits per heavy atom. The lowest BCUT2D eigenvalue weighted by Gasteiger charge is -2.33. The summed E-state index contributed by atoms with van der Waals surface area (Å²) in [6.07, 6.45) is 7.78. The second-order valence-corrected chi connectivity index (χ2v) is 5.98. The van der Waals surface area contributed by atoms with Crippen molar-refractivity contribution in [2.75, 3.05) is 13.1 Å². The van der Waals surface area contributed by atoms with E-state index in [9.17, 15) is 4.79 Å². The zero-order chi connectivity index (χ0) is 12.3. The normalized spacial score (nSPS) is 29.8. The Labute approximate surface area is 117 Å². The molecule has 2 atom stereocenters. The summed E-state index contributed by atoms with van der Waals surface area (Å²) in [4.78, 5) is 14.2. The number of likely N-dealkylation sites (tertiary alicyclic amines) is 1. The zero-order valence-corrected chi connectivity index (χ0v) is 12.3. The minimum atomic E-state index is 0. The van der Waals surface area contributed by atoms with Crippen molar-refractivity contribution >= 4 is 18.3 Å². The monoisotopic (exact) mass is 274 g/mol. The topological polar surface area (TPSA) is 46.3 Å². The number of carbonyl (C=O) groups is 1. The highest BCUT2D eigenvalue weighted by Gasteiger charge is 2.27. The molecule has 2 fully saturated rings. The first-order chi connectivity index (χ1) is 8.16. The zero-order valence-electron chi connectivity index (χ0n) is 11.4. The molecule has 3 nitrogen and oxygen atoms in total. The van der Waals surface area contributed by atoms with Gasteiger partial charge in [0.05, 0.1) is 0 Å². The maximum absolute atomic E-state index is 12.2. The largest absolute Gasteiger partial charge is 0.343 e. The van der Waals surface area contributed by atoms with E-state index in [2.05, 4.69) is 11.8 Å². The van der Waals surface area contributed by atoms with Gasteiger partial charge in [0.15, 0.2) is 0 Å². The molecule has 18 heavy (non-hydrogen) atoms. The molecule has 2 N–H and O–H groups in total. The van der Waals surface area contributed by atoms with Crippen molar-refractivity contribution < 1.29 is 4.79 Å². The summed E-state index contributed by atoms with van der Waals surface area (Å²) < 4.78 is 0. The number of amides is 1. The van der Waals surface area contributed by atoms with Crippen molar-refractivity contribution in [3.63, 3.8) is 0 Å². The van der Waals surface area contributed by atoms with Gasteiger partial charge in [-0.1, -0.05) is 19.8 Å². The Morgan fingerprint density at radius 2 is 1.78 bits per heavy atom. The number of halogens is 1. The predicted molar refractivity (Wildman–Crippen MR) is 76.8 cm³/mol. The Bertz CT molecular complexity index is 265. The van der Waals surface area contributed by atoms with Gasteiger partial charge in [-0.25, -0.2) is 0 Å². The fraction of sp³-hybridized carbons (Fsp3) is 0.929. The van der Waals surface area contributed by atoms with Gasteiger partial charge in [0, 0.05) is 25.6 Å². The highest BCUT2D eigenvalue weighted by molar-refractivity contribution is 5.85. The Morgan fingerprint density at radius 1 is 1.17 bits per heavy atom. The molecule has 0 aromatic rings. The van der Waals surface area contributed by atoms with Crippen molar-refractivity contribution in [3.8, 4) is 0 Å². The molecular formula is C14H27ClN2O. The average molecular weight is 275 g/mol. The van der Waals surface area contributed by atoms with Crippen LogP contribution in [0.5, 0.6) is 0 Å². The van der Waals surface area contributed by atoms with Crippen molar-refractivity contribution in [2.45, 2.75) is 57.9 Å². The number of nitrogens with zero attached hydrogens (tertiary/aromatic N) is 1. The van der Waals surface area contributed by atoms with Crippen molar-refractivity contribution in [3.05, 3.63) is 0 Å². The van der Waals surface area contributed by atoms with Crippen LogP contribution in [0.3, 0.4) is 0 Å². The van der Waals surface area contributed by atoms with E-state index in [-0.39, 0.29) is 18.4 Å². The Hall–Kier alpha value is -0.280. The number of piperidine rings is 1. The summed E-state index contributed by atoms with van der Waals surface area (Å²) in [6, 6.07) is 0.261. The van der Waals surface area contributed by atoms with Crippen LogP contribution in [0.15, 0.2) is 0 Å². The van der Waals surface area contributed by atoms with Gasteiger partial charge < -0.3 is 10.6 Å². The van der Waals surface area contributed by atoms with E-state index in [1.807, 2.05) is 0 Å². The summed E-state index contributed by atoms with van der Waals surface area (Å²) in [7, 11) is 0. The molecule has 1 amide bonds. The Kier molecular flexibility index (Phi) is 6.44. The van der Waals surface area contributed by atoms with Crippen molar-refractivity contribution in [1.82, 2.24) is 4.90 Å². The number of nitrogens with two attached hydrogens (primary N) is 1. The second kappa shape index (κ2) is 7.34. The van der Waals surface area contributed by atoms with Crippen LogP contribution < -0.4 is 5.73 Å². The highest BCUT2D eigenvalue weighted by Crippen LogP contribution is 2.27. The summed E-state index contributed by atoms with van der Waals surface area (Å²) >= 11 is 0. The Balaban J connectivity index is 0.00000162. The van der Waals surface area contributed by atoms with Gasteiger partial charge in [-0.2, -0.15) is 0 Å². The number of rotatable bonds is 2. The molecule has 0 bridgehead atoms. The van der Waals surface area contributed by atoms with E-state index >= 15 is 0 Å².